The molecule has 3 rings (SSSR count). The Balaban J connectivity index is 1.90. The van der Waals surface area contributed by atoms with E-state index in [0.29, 0.717) is 23.6 Å². The number of nitrogens with zero attached hydrogens (tertiary/aromatic N) is 2. The fraction of sp³-hybridized carbons (Fsp3) is 0.111. The number of hydrogen-bond donors (Lipinski definition) is 2. The molecule has 0 aliphatic carbocycles. The van der Waals surface area contributed by atoms with E-state index in [9.17, 15) is 14.9 Å². The lowest BCUT2D eigenvalue weighted by atomic mass is 10.2. The summed E-state index contributed by atoms with van der Waals surface area (Å²) in [5.41, 5.74) is 0.838. The summed E-state index contributed by atoms with van der Waals surface area (Å²) in [6, 6.07) is 12.1. The minimum atomic E-state index is -0.517. The Labute approximate surface area is 152 Å². The van der Waals surface area contributed by atoms with Crippen molar-refractivity contribution in [2.75, 3.05) is 11.9 Å². The third-order valence-electron chi connectivity index (χ3n) is 3.44. The number of hydrogen-bond acceptors (Lipinski definition) is 7. The maximum absolute atomic E-state index is 12.2. The number of benzene rings is 1. The molecule has 1 aromatic carbocycles. The second-order valence-electron chi connectivity index (χ2n) is 5.15. The molecule has 26 heavy (non-hydrogen) atoms. The summed E-state index contributed by atoms with van der Waals surface area (Å²) in [6.07, 6.45) is 0. The predicted octanol–water partition coefficient (Wildman–Crippen LogP) is 3.29. The molecule has 0 saturated heterocycles. The Morgan fingerprint density at radius 1 is 1.35 bits per heavy atom. The van der Waals surface area contributed by atoms with E-state index in [2.05, 4.69) is 15.3 Å². The van der Waals surface area contributed by atoms with E-state index in [0.717, 1.165) is 4.88 Å². The molecule has 0 saturated carbocycles. The lowest BCUT2D eigenvalue weighted by molar-refractivity contribution is 0.0526. The van der Waals surface area contributed by atoms with Crippen LogP contribution < -0.4 is 10.9 Å². The number of aromatic amines is 1. The third kappa shape index (κ3) is 3.63. The van der Waals surface area contributed by atoms with Crippen molar-refractivity contribution in [2.24, 2.45) is 0 Å². The van der Waals surface area contributed by atoms with Gasteiger partial charge in [0.05, 0.1) is 17.0 Å². The molecule has 2 N–H and O–H groups in total. The monoisotopic (exact) mass is 366 g/mol. The van der Waals surface area contributed by atoms with Gasteiger partial charge in [0.15, 0.2) is 0 Å². The van der Waals surface area contributed by atoms with Crippen LogP contribution in [0.5, 0.6) is 0 Å². The van der Waals surface area contributed by atoms with Crippen LogP contribution >= 0.6 is 11.3 Å². The van der Waals surface area contributed by atoms with Gasteiger partial charge in [-0.25, -0.2) is 9.78 Å². The van der Waals surface area contributed by atoms with Gasteiger partial charge in [-0.3, -0.25) is 9.78 Å². The molecule has 0 aliphatic heterocycles. The highest BCUT2D eigenvalue weighted by atomic mass is 32.1. The van der Waals surface area contributed by atoms with Gasteiger partial charge in [-0.15, -0.1) is 11.3 Å². The van der Waals surface area contributed by atoms with Crippen LogP contribution in [0.25, 0.3) is 10.6 Å². The fourth-order valence-corrected chi connectivity index (χ4v) is 2.99. The van der Waals surface area contributed by atoms with Crippen LogP contribution in [0, 0.1) is 11.3 Å². The van der Waals surface area contributed by atoms with Crippen molar-refractivity contribution in [1.29, 1.82) is 5.26 Å². The molecule has 0 radical (unpaired) electrons. The number of nitriles is 1. The smallest absolute Gasteiger partial charge is 0.338 e. The molecule has 0 fully saturated rings. The van der Waals surface area contributed by atoms with E-state index in [1.54, 1.807) is 37.3 Å². The molecule has 0 spiro atoms. The standard InChI is InChI=1S/C18H14N4O3S/c1-2-25-17(24)11-5-7-12(8-6-11)20-18-21-15(14-4-3-9-26-14)13(10-19)16(23)22-18/h3-9H,2H2,1H3,(H2,20,21,22,23). The number of rotatable bonds is 5. The largest absolute Gasteiger partial charge is 0.462 e. The van der Waals surface area contributed by atoms with Crippen LogP contribution in [-0.2, 0) is 4.74 Å². The Bertz CT molecular complexity index is 1020. The van der Waals surface area contributed by atoms with Crippen LogP contribution in [0.4, 0.5) is 11.6 Å². The van der Waals surface area contributed by atoms with Crippen LogP contribution in [0.15, 0.2) is 46.6 Å². The summed E-state index contributed by atoms with van der Waals surface area (Å²) in [6.45, 7) is 2.05. The Morgan fingerprint density at radius 3 is 2.73 bits per heavy atom. The summed E-state index contributed by atoms with van der Waals surface area (Å²) < 4.78 is 4.94. The minimum Gasteiger partial charge on any atom is -0.462 e. The molecule has 0 atom stereocenters. The van der Waals surface area contributed by atoms with Gasteiger partial charge in [0, 0.05) is 5.69 Å². The SMILES string of the molecule is CCOC(=O)c1ccc(Nc2nc(-c3cccs3)c(C#N)c(=O)[nH]2)cc1. The van der Waals surface area contributed by atoms with E-state index in [1.807, 2.05) is 17.5 Å². The second kappa shape index (κ2) is 7.63. The first-order valence-electron chi connectivity index (χ1n) is 7.75. The second-order valence-corrected chi connectivity index (χ2v) is 6.10. The predicted molar refractivity (Wildman–Crippen MR) is 98.6 cm³/mol. The average Bonchev–Trinajstić information content (AvgIpc) is 3.16. The zero-order chi connectivity index (χ0) is 18.5. The Hall–Kier alpha value is -3.44. The normalized spacial score (nSPS) is 10.2. The van der Waals surface area contributed by atoms with Crippen molar-refractivity contribution >= 4 is 28.9 Å². The van der Waals surface area contributed by atoms with E-state index in [1.165, 1.54) is 11.3 Å². The van der Waals surface area contributed by atoms with Crippen LogP contribution in [0.3, 0.4) is 0 Å². The zero-order valence-electron chi connectivity index (χ0n) is 13.8. The highest BCUT2D eigenvalue weighted by Crippen LogP contribution is 2.25. The summed E-state index contributed by atoms with van der Waals surface area (Å²) in [4.78, 5) is 31.5. The number of nitrogens with one attached hydrogen (secondary N) is 2. The number of ether oxygens (including phenoxy) is 1. The number of carbonyl (C=O) groups excluding carboxylic acids is 1. The highest BCUT2D eigenvalue weighted by Gasteiger charge is 2.14. The molecule has 3 aromatic rings. The average molecular weight is 366 g/mol. The molecule has 0 aliphatic rings. The van der Waals surface area contributed by atoms with Gasteiger partial charge in [-0.2, -0.15) is 5.26 Å². The topological polar surface area (TPSA) is 108 Å². The van der Waals surface area contributed by atoms with Gasteiger partial charge in [0.25, 0.3) is 5.56 Å². The third-order valence-corrected chi connectivity index (χ3v) is 4.32. The quantitative estimate of drug-likeness (QED) is 0.671. The summed E-state index contributed by atoms with van der Waals surface area (Å²) in [7, 11) is 0. The molecule has 0 amide bonds. The van der Waals surface area contributed by atoms with Crippen molar-refractivity contribution in [1.82, 2.24) is 9.97 Å². The molecule has 8 heteroatoms. The molecule has 7 nitrogen and oxygen atoms in total. The molecular formula is C18H14N4O3S. The van der Waals surface area contributed by atoms with Gasteiger partial charge in [0.1, 0.15) is 17.3 Å². The lowest BCUT2D eigenvalue weighted by Crippen LogP contribution is -2.15. The Kier molecular flexibility index (Phi) is 5.10. The van der Waals surface area contributed by atoms with E-state index >= 15 is 0 Å². The van der Waals surface area contributed by atoms with Gasteiger partial charge >= 0.3 is 5.97 Å². The van der Waals surface area contributed by atoms with Crippen molar-refractivity contribution in [3.8, 4) is 16.6 Å². The molecular weight excluding hydrogens is 352 g/mol. The lowest BCUT2D eigenvalue weighted by Gasteiger charge is -2.08. The number of aromatic nitrogens is 2. The fourth-order valence-electron chi connectivity index (χ4n) is 2.27. The van der Waals surface area contributed by atoms with Gasteiger partial charge in [-0.05, 0) is 42.6 Å². The van der Waals surface area contributed by atoms with E-state index < -0.39 is 11.5 Å². The van der Waals surface area contributed by atoms with Gasteiger partial charge in [0.2, 0.25) is 5.95 Å². The summed E-state index contributed by atoms with van der Waals surface area (Å²) in [5, 5.41) is 14.1. The van der Waals surface area contributed by atoms with E-state index in [4.69, 9.17) is 4.74 Å². The maximum Gasteiger partial charge on any atom is 0.338 e. The molecule has 2 heterocycles. The zero-order valence-corrected chi connectivity index (χ0v) is 14.6. The summed E-state index contributed by atoms with van der Waals surface area (Å²) in [5.74, 6) is -0.190. The Morgan fingerprint density at radius 2 is 2.12 bits per heavy atom. The van der Waals surface area contributed by atoms with Crippen LogP contribution in [-0.4, -0.2) is 22.5 Å². The number of H-pyrrole nitrogens is 1. The van der Waals surface area contributed by atoms with Crippen molar-refractivity contribution in [3.05, 3.63) is 63.3 Å². The van der Waals surface area contributed by atoms with Crippen molar-refractivity contribution in [3.63, 3.8) is 0 Å². The molecule has 2 aromatic heterocycles. The number of thiophene rings is 1. The first-order chi connectivity index (χ1) is 12.6. The first kappa shape index (κ1) is 17.4. The molecule has 0 bridgehead atoms. The molecule has 0 unspecified atom stereocenters. The van der Waals surface area contributed by atoms with Gasteiger partial charge < -0.3 is 10.1 Å². The van der Waals surface area contributed by atoms with Gasteiger partial charge in [-0.1, -0.05) is 6.07 Å². The highest BCUT2D eigenvalue weighted by molar-refractivity contribution is 7.13. The van der Waals surface area contributed by atoms with Crippen molar-refractivity contribution < 1.29 is 9.53 Å². The first-order valence-corrected chi connectivity index (χ1v) is 8.63. The number of esters is 1. The van der Waals surface area contributed by atoms with Crippen LogP contribution in [0.1, 0.15) is 22.8 Å². The van der Waals surface area contributed by atoms with E-state index in [-0.39, 0.29) is 11.5 Å². The number of carbonyl (C=O) groups is 1. The minimum absolute atomic E-state index is 0.0318. The summed E-state index contributed by atoms with van der Waals surface area (Å²) >= 11 is 1.39. The van der Waals surface area contributed by atoms with Crippen molar-refractivity contribution in [2.45, 2.75) is 6.92 Å². The number of anilines is 2. The maximum atomic E-state index is 12.2. The molecule has 130 valence electrons. The van der Waals surface area contributed by atoms with Crippen LogP contribution in [0.2, 0.25) is 0 Å².